The van der Waals surface area contributed by atoms with E-state index >= 15 is 0 Å². The number of nitrogens with zero attached hydrogens (tertiary/aromatic N) is 1. The van der Waals surface area contributed by atoms with Crippen LogP contribution in [0.1, 0.15) is 5.56 Å². The SMILES string of the molecule is Cc1ccc([N+](=O)[O-])[nH]c1=O. The van der Waals surface area contributed by atoms with E-state index in [1.54, 1.807) is 6.92 Å². The van der Waals surface area contributed by atoms with E-state index in [2.05, 4.69) is 4.98 Å². The van der Waals surface area contributed by atoms with Crippen molar-refractivity contribution in [3.63, 3.8) is 0 Å². The number of aromatic nitrogens is 1. The number of aromatic amines is 1. The predicted molar refractivity (Wildman–Crippen MR) is 38.5 cm³/mol. The summed E-state index contributed by atoms with van der Waals surface area (Å²) in [5.74, 6) is -0.277. The fourth-order valence-electron chi connectivity index (χ4n) is 0.643. The second-order valence-corrected chi connectivity index (χ2v) is 2.11. The Bertz CT molecular complexity index is 342. The molecular weight excluding hydrogens is 148 g/mol. The number of hydrogen-bond donors (Lipinski definition) is 1. The molecule has 1 aromatic rings. The molecule has 0 aliphatic carbocycles. The van der Waals surface area contributed by atoms with E-state index in [4.69, 9.17) is 0 Å². The van der Waals surface area contributed by atoms with Crippen LogP contribution < -0.4 is 5.56 Å². The Balaban J connectivity index is 3.26. The molecule has 0 aliphatic heterocycles. The van der Waals surface area contributed by atoms with E-state index < -0.39 is 10.5 Å². The van der Waals surface area contributed by atoms with Gasteiger partial charge < -0.3 is 10.1 Å². The van der Waals surface area contributed by atoms with E-state index in [-0.39, 0.29) is 5.82 Å². The highest BCUT2D eigenvalue weighted by atomic mass is 16.6. The first-order valence-electron chi connectivity index (χ1n) is 2.95. The molecule has 11 heavy (non-hydrogen) atoms. The third kappa shape index (κ3) is 1.43. The lowest BCUT2D eigenvalue weighted by Crippen LogP contribution is -2.10. The summed E-state index contributed by atoms with van der Waals surface area (Å²) in [7, 11) is 0. The average Bonchev–Trinajstić information content (AvgIpc) is 1.94. The fraction of sp³-hybridized carbons (Fsp3) is 0.167. The van der Waals surface area contributed by atoms with Crippen molar-refractivity contribution in [3.8, 4) is 0 Å². The molecule has 0 fully saturated rings. The quantitative estimate of drug-likeness (QED) is 0.475. The fourth-order valence-corrected chi connectivity index (χ4v) is 0.643. The van der Waals surface area contributed by atoms with Gasteiger partial charge in [0, 0.05) is 11.6 Å². The smallest absolute Gasteiger partial charge is 0.334 e. The molecule has 0 aromatic carbocycles. The molecule has 1 heterocycles. The maximum Gasteiger partial charge on any atom is 0.334 e. The van der Waals surface area contributed by atoms with Gasteiger partial charge in [-0.25, -0.2) is 9.78 Å². The van der Waals surface area contributed by atoms with Crippen molar-refractivity contribution in [2.75, 3.05) is 0 Å². The highest BCUT2D eigenvalue weighted by molar-refractivity contribution is 5.21. The Hall–Kier alpha value is -1.65. The van der Waals surface area contributed by atoms with Crippen LogP contribution in [0.4, 0.5) is 5.82 Å². The van der Waals surface area contributed by atoms with Crippen molar-refractivity contribution >= 4 is 5.82 Å². The number of nitrogens with one attached hydrogen (secondary N) is 1. The second-order valence-electron chi connectivity index (χ2n) is 2.11. The van der Waals surface area contributed by atoms with E-state index in [1.807, 2.05) is 0 Å². The van der Waals surface area contributed by atoms with Crippen LogP contribution in [0.5, 0.6) is 0 Å². The Kier molecular flexibility index (Phi) is 1.72. The van der Waals surface area contributed by atoms with E-state index in [1.165, 1.54) is 12.1 Å². The molecule has 1 aromatic heterocycles. The van der Waals surface area contributed by atoms with Gasteiger partial charge in [0.2, 0.25) is 0 Å². The first-order valence-corrected chi connectivity index (χ1v) is 2.95. The molecule has 0 aliphatic rings. The summed E-state index contributed by atoms with van der Waals surface area (Å²) in [5, 5.41) is 10.1. The van der Waals surface area contributed by atoms with Gasteiger partial charge >= 0.3 is 11.4 Å². The molecule has 0 atom stereocenters. The molecule has 0 saturated heterocycles. The summed E-state index contributed by atoms with van der Waals surface area (Å²) in [6, 6.07) is 2.67. The van der Waals surface area contributed by atoms with Gasteiger partial charge in [-0.1, -0.05) is 0 Å². The van der Waals surface area contributed by atoms with Crippen molar-refractivity contribution in [2.45, 2.75) is 6.92 Å². The number of pyridine rings is 1. The van der Waals surface area contributed by atoms with Gasteiger partial charge in [0.1, 0.15) is 0 Å². The molecule has 0 spiro atoms. The average molecular weight is 154 g/mol. The summed E-state index contributed by atoms with van der Waals surface area (Å²) in [4.78, 5) is 22.4. The van der Waals surface area contributed by atoms with Gasteiger partial charge in [-0.15, -0.1) is 0 Å². The zero-order valence-corrected chi connectivity index (χ0v) is 5.83. The summed E-state index contributed by atoms with van der Waals surface area (Å²) in [5.41, 5.74) is 0.0507. The van der Waals surface area contributed by atoms with Crippen LogP contribution in [0.25, 0.3) is 0 Å². The highest BCUT2D eigenvalue weighted by Gasteiger charge is 2.04. The first kappa shape index (κ1) is 7.46. The van der Waals surface area contributed by atoms with E-state index in [0.29, 0.717) is 5.56 Å². The van der Waals surface area contributed by atoms with Gasteiger partial charge in [-0.05, 0) is 17.9 Å². The topological polar surface area (TPSA) is 76.0 Å². The number of nitro groups is 1. The van der Waals surface area contributed by atoms with Crippen LogP contribution >= 0.6 is 0 Å². The molecule has 0 bridgehead atoms. The summed E-state index contributed by atoms with van der Waals surface area (Å²) < 4.78 is 0. The molecule has 0 amide bonds. The molecule has 0 saturated carbocycles. The number of rotatable bonds is 1. The van der Waals surface area contributed by atoms with E-state index in [9.17, 15) is 14.9 Å². The van der Waals surface area contributed by atoms with Crippen LogP contribution in [0.15, 0.2) is 16.9 Å². The van der Waals surface area contributed by atoms with Crippen molar-refractivity contribution < 1.29 is 4.92 Å². The predicted octanol–water partition coefficient (Wildman–Crippen LogP) is 0.592. The van der Waals surface area contributed by atoms with Crippen molar-refractivity contribution in [2.24, 2.45) is 0 Å². The molecule has 5 heteroatoms. The van der Waals surface area contributed by atoms with Crippen LogP contribution in [0.3, 0.4) is 0 Å². The minimum Gasteiger partial charge on any atom is -0.358 e. The van der Waals surface area contributed by atoms with Gasteiger partial charge in [0.05, 0.1) is 0 Å². The van der Waals surface area contributed by atoms with E-state index in [0.717, 1.165) is 0 Å². The zero-order chi connectivity index (χ0) is 8.43. The maximum absolute atomic E-state index is 10.8. The van der Waals surface area contributed by atoms with Crippen LogP contribution in [0.2, 0.25) is 0 Å². The van der Waals surface area contributed by atoms with Gasteiger partial charge in [0.25, 0.3) is 0 Å². The first-order chi connectivity index (χ1) is 5.11. The van der Waals surface area contributed by atoms with Gasteiger partial charge in [-0.3, -0.25) is 0 Å². The molecule has 0 radical (unpaired) electrons. The monoisotopic (exact) mass is 154 g/mol. The van der Waals surface area contributed by atoms with Gasteiger partial charge in [0.15, 0.2) is 0 Å². The Labute approximate surface area is 61.8 Å². The number of aryl methyl sites for hydroxylation is 1. The molecule has 1 rings (SSSR count). The van der Waals surface area contributed by atoms with Crippen molar-refractivity contribution in [3.05, 3.63) is 38.2 Å². The van der Waals surface area contributed by atoms with Crippen molar-refractivity contribution in [1.29, 1.82) is 0 Å². The lowest BCUT2D eigenvalue weighted by atomic mass is 10.3. The van der Waals surface area contributed by atoms with Crippen LogP contribution in [-0.2, 0) is 0 Å². The molecule has 0 unspecified atom stereocenters. The largest absolute Gasteiger partial charge is 0.358 e. The molecule has 58 valence electrons. The Morgan fingerprint density at radius 2 is 2.18 bits per heavy atom. The molecule has 5 nitrogen and oxygen atoms in total. The summed E-state index contributed by atoms with van der Waals surface area (Å²) in [6.07, 6.45) is 0. The molecule has 1 N–H and O–H groups in total. The standard InChI is InChI=1S/C6H6N2O3/c1-4-2-3-5(8(10)11)7-6(4)9/h2-3H,1H3,(H,7,9). The zero-order valence-electron chi connectivity index (χ0n) is 5.83. The second kappa shape index (κ2) is 2.53. The van der Waals surface area contributed by atoms with Gasteiger partial charge in [-0.2, -0.15) is 0 Å². The summed E-state index contributed by atoms with van der Waals surface area (Å²) in [6.45, 7) is 1.59. The third-order valence-corrected chi connectivity index (χ3v) is 1.29. The Morgan fingerprint density at radius 3 is 2.64 bits per heavy atom. The lowest BCUT2D eigenvalue weighted by molar-refractivity contribution is -0.389. The number of hydrogen-bond acceptors (Lipinski definition) is 3. The molecular formula is C6H6N2O3. The third-order valence-electron chi connectivity index (χ3n) is 1.29. The van der Waals surface area contributed by atoms with Crippen LogP contribution in [-0.4, -0.2) is 9.91 Å². The maximum atomic E-state index is 10.8. The minimum absolute atomic E-state index is 0.277. The number of H-pyrrole nitrogens is 1. The lowest BCUT2D eigenvalue weighted by Gasteiger charge is -1.92. The minimum atomic E-state index is -0.638. The Morgan fingerprint density at radius 1 is 1.55 bits per heavy atom. The van der Waals surface area contributed by atoms with Crippen molar-refractivity contribution in [1.82, 2.24) is 4.98 Å². The highest BCUT2D eigenvalue weighted by Crippen LogP contribution is 2.01. The normalized spacial score (nSPS) is 9.55. The van der Waals surface area contributed by atoms with Crippen LogP contribution in [0, 0.1) is 17.0 Å². The summed E-state index contributed by atoms with van der Waals surface area (Å²) >= 11 is 0.